The summed E-state index contributed by atoms with van der Waals surface area (Å²) in [5.74, 6) is -1.91. The van der Waals surface area contributed by atoms with Crippen molar-refractivity contribution >= 4 is 28.4 Å². The number of ether oxygens (including phenoxy) is 1. The Bertz CT molecular complexity index is 788. The van der Waals surface area contributed by atoms with Gasteiger partial charge in [-0.2, -0.15) is 13.2 Å². The van der Waals surface area contributed by atoms with Gasteiger partial charge in [0.2, 0.25) is 0 Å². The minimum Gasteiger partial charge on any atom is -0.393 e. The average molecular weight is 403 g/mol. The van der Waals surface area contributed by atoms with Crippen LogP contribution in [0, 0.1) is 22.7 Å². The predicted molar refractivity (Wildman–Crippen MR) is 91.1 cm³/mol. The molecular formula is C17H20F3N3O3S. The van der Waals surface area contributed by atoms with E-state index in [0.717, 1.165) is 16.7 Å². The maximum atomic E-state index is 12.8. The summed E-state index contributed by atoms with van der Waals surface area (Å²) in [7, 11) is 0. The molecule has 1 N–H and O–H groups in total. The van der Waals surface area contributed by atoms with Gasteiger partial charge in [-0.1, -0.05) is 13.8 Å². The molecule has 1 saturated carbocycles. The molecule has 0 aromatic carbocycles. The molecule has 3 heterocycles. The zero-order valence-electron chi connectivity index (χ0n) is 14.9. The zero-order chi connectivity index (χ0) is 19.6. The molecule has 1 spiro atoms. The Kier molecular flexibility index (Phi) is 4.08. The lowest BCUT2D eigenvalue weighted by atomic mass is 9.73. The van der Waals surface area contributed by atoms with Crippen LogP contribution in [0.25, 0.3) is 0 Å². The van der Waals surface area contributed by atoms with Crippen molar-refractivity contribution in [2.45, 2.75) is 26.4 Å². The molecule has 27 heavy (non-hydrogen) atoms. The molecule has 6 nitrogen and oxygen atoms in total. The molecule has 0 amide bonds. The summed E-state index contributed by atoms with van der Waals surface area (Å²) < 4.78 is 43.6. The lowest BCUT2D eigenvalue weighted by molar-refractivity contribution is -0.166. The molecule has 1 aliphatic carbocycles. The fourth-order valence-corrected chi connectivity index (χ4v) is 4.74. The smallest absolute Gasteiger partial charge is 0.393 e. The third-order valence-electron chi connectivity index (χ3n) is 5.94. The summed E-state index contributed by atoms with van der Waals surface area (Å²) in [4.78, 5) is 30.2. The number of hydrogen-bond acceptors (Lipinski definition) is 7. The van der Waals surface area contributed by atoms with Crippen molar-refractivity contribution in [3.63, 3.8) is 0 Å². The number of carbonyl (C=O) groups is 2. The van der Waals surface area contributed by atoms with Crippen molar-refractivity contribution in [2.75, 3.05) is 31.1 Å². The number of hydrogen-bond donors (Lipinski definition) is 1. The van der Waals surface area contributed by atoms with E-state index in [9.17, 15) is 22.8 Å². The van der Waals surface area contributed by atoms with Gasteiger partial charge in [-0.3, -0.25) is 9.59 Å². The molecule has 4 rings (SSSR count). The van der Waals surface area contributed by atoms with Crippen molar-refractivity contribution in [3.8, 4) is 0 Å². The summed E-state index contributed by atoms with van der Waals surface area (Å²) in [6.45, 7) is 5.62. The highest BCUT2D eigenvalue weighted by atomic mass is 32.1. The van der Waals surface area contributed by atoms with Crippen LogP contribution in [0.3, 0.4) is 0 Å². The molecule has 2 saturated heterocycles. The number of halogens is 3. The number of esters is 2. The molecule has 2 atom stereocenters. The molecule has 1 aromatic rings. The maximum absolute atomic E-state index is 12.8. The first-order valence-corrected chi connectivity index (χ1v) is 9.64. The van der Waals surface area contributed by atoms with Crippen LogP contribution in [0.4, 0.5) is 18.3 Å². The summed E-state index contributed by atoms with van der Waals surface area (Å²) in [5.41, 5.74) is -1.50. The first-order chi connectivity index (χ1) is 12.5. The van der Waals surface area contributed by atoms with Crippen molar-refractivity contribution in [1.82, 2.24) is 10.3 Å². The molecular weight excluding hydrogens is 383 g/mol. The first kappa shape index (κ1) is 18.7. The number of thiazole rings is 1. The number of anilines is 1. The molecule has 10 heteroatoms. The van der Waals surface area contributed by atoms with E-state index in [1.54, 1.807) is 4.90 Å². The Morgan fingerprint density at radius 2 is 1.93 bits per heavy atom. The van der Waals surface area contributed by atoms with Gasteiger partial charge < -0.3 is 15.0 Å². The Hall–Kier alpha value is -1.68. The molecule has 0 radical (unpaired) electrons. The fourth-order valence-electron chi connectivity index (χ4n) is 3.89. The molecule has 1 aromatic heterocycles. The topological polar surface area (TPSA) is 71.5 Å². The molecule has 2 aliphatic heterocycles. The highest BCUT2D eigenvalue weighted by molar-refractivity contribution is 7.13. The van der Waals surface area contributed by atoms with Crippen molar-refractivity contribution in [3.05, 3.63) is 11.1 Å². The summed E-state index contributed by atoms with van der Waals surface area (Å²) >= 11 is 0.907. The van der Waals surface area contributed by atoms with E-state index >= 15 is 0 Å². The molecule has 0 bridgehead atoms. The number of rotatable bonds is 3. The number of nitrogens with zero attached hydrogens (tertiary/aromatic N) is 2. The Labute approximate surface area is 158 Å². The van der Waals surface area contributed by atoms with Gasteiger partial charge in [-0.15, -0.1) is 11.3 Å². The maximum Gasteiger partial charge on any atom is 0.434 e. The number of nitrogens with one attached hydrogen (secondary N) is 1. The van der Waals surface area contributed by atoms with Crippen molar-refractivity contribution in [2.24, 2.45) is 22.7 Å². The summed E-state index contributed by atoms with van der Waals surface area (Å²) in [5, 5.41) is 4.33. The third-order valence-corrected chi connectivity index (χ3v) is 6.84. The minimum absolute atomic E-state index is 0.135. The summed E-state index contributed by atoms with van der Waals surface area (Å²) in [6, 6.07) is 0. The number of carbonyl (C=O) groups excluding carboxylic acids is 2. The van der Waals surface area contributed by atoms with Crippen LogP contribution >= 0.6 is 11.3 Å². The van der Waals surface area contributed by atoms with Crippen LogP contribution in [0.5, 0.6) is 0 Å². The van der Waals surface area contributed by atoms with E-state index in [1.807, 2.05) is 13.8 Å². The van der Waals surface area contributed by atoms with Crippen molar-refractivity contribution in [1.29, 1.82) is 0 Å². The quantitative estimate of drug-likeness (QED) is 0.617. The van der Waals surface area contributed by atoms with E-state index in [-0.39, 0.29) is 23.0 Å². The van der Waals surface area contributed by atoms with E-state index in [0.29, 0.717) is 26.1 Å². The van der Waals surface area contributed by atoms with Crippen LogP contribution in [0.2, 0.25) is 0 Å². The van der Waals surface area contributed by atoms with E-state index in [1.165, 1.54) is 0 Å². The van der Waals surface area contributed by atoms with Crippen molar-refractivity contribution < 1.29 is 27.5 Å². The van der Waals surface area contributed by atoms with E-state index < -0.39 is 35.1 Å². The minimum atomic E-state index is -4.49. The van der Waals surface area contributed by atoms with Crippen LogP contribution < -0.4 is 10.2 Å². The fraction of sp³-hybridized carbons (Fsp3) is 0.706. The van der Waals surface area contributed by atoms with Crippen LogP contribution in [-0.2, 0) is 20.5 Å². The monoisotopic (exact) mass is 403 g/mol. The zero-order valence-corrected chi connectivity index (χ0v) is 15.7. The normalized spacial score (nSPS) is 28.1. The Balaban J connectivity index is 1.47. The third kappa shape index (κ3) is 3.22. The molecule has 1 unspecified atom stereocenters. The van der Waals surface area contributed by atoms with Gasteiger partial charge in [0, 0.05) is 37.0 Å². The Morgan fingerprint density at radius 3 is 2.41 bits per heavy atom. The standard InChI is InChI=1S/C17H20F3N3O3S/c1-15(2)3-9(15)12(24)26-13(25)10-4-23(8-16(10)6-21-7-16)14-22-11(5-27-14)17(18,19)20/h5,9-10,21H,3-4,6-8H2,1-2H3/t9-,10?/m1/s1. The predicted octanol–water partition coefficient (Wildman–Crippen LogP) is 2.30. The van der Waals surface area contributed by atoms with Gasteiger partial charge in [0.1, 0.15) is 0 Å². The van der Waals surface area contributed by atoms with E-state index in [4.69, 9.17) is 4.74 Å². The van der Waals surface area contributed by atoms with Gasteiger partial charge >= 0.3 is 18.1 Å². The second kappa shape index (κ2) is 5.91. The molecule has 3 aliphatic rings. The number of aromatic nitrogens is 1. The second-order valence-corrected chi connectivity index (χ2v) is 9.23. The van der Waals surface area contributed by atoms with Gasteiger partial charge in [0.25, 0.3) is 0 Å². The lowest BCUT2D eigenvalue weighted by Gasteiger charge is -2.42. The molecule has 148 valence electrons. The largest absolute Gasteiger partial charge is 0.434 e. The van der Waals surface area contributed by atoms with Crippen LogP contribution in [-0.4, -0.2) is 43.1 Å². The highest BCUT2D eigenvalue weighted by Gasteiger charge is 2.57. The van der Waals surface area contributed by atoms with Gasteiger partial charge in [0.05, 0.1) is 11.8 Å². The lowest BCUT2D eigenvalue weighted by Crippen LogP contribution is -2.59. The second-order valence-electron chi connectivity index (χ2n) is 8.40. The average Bonchev–Trinajstić information content (AvgIpc) is 2.97. The van der Waals surface area contributed by atoms with E-state index in [2.05, 4.69) is 10.3 Å². The van der Waals surface area contributed by atoms with Gasteiger partial charge in [0.15, 0.2) is 10.8 Å². The first-order valence-electron chi connectivity index (χ1n) is 8.76. The highest BCUT2D eigenvalue weighted by Crippen LogP contribution is 2.52. The Morgan fingerprint density at radius 1 is 1.30 bits per heavy atom. The summed E-state index contributed by atoms with van der Waals surface area (Å²) in [6.07, 6.45) is -3.80. The van der Waals surface area contributed by atoms with Crippen LogP contribution in [0.1, 0.15) is 26.0 Å². The number of alkyl halides is 3. The van der Waals surface area contributed by atoms with Crippen LogP contribution in [0.15, 0.2) is 5.38 Å². The van der Waals surface area contributed by atoms with Gasteiger partial charge in [-0.05, 0) is 11.8 Å². The SMILES string of the molecule is CC1(C)C[C@@H]1C(=O)OC(=O)C1CN(c2nc(C(F)(F)F)cs2)CC12CNC2. The molecule has 3 fully saturated rings. The van der Waals surface area contributed by atoms with Gasteiger partial charge in [-0.25, -0.2) is 4.98 Å².